The van der Waals surface area contributed by atoms with Gasteiger partial charge in [0.1, 0.15) is 10.8 Å². The van der Waals surface area contributed by atoms with E-state index < -0.39 is 10.8 Å². The summed E-state index contributed by atoms with van der Waals surface area (Å²) >= 11 is 0. The Labute approximate surface area is 124 Å². The second kappa shape index (κ2) is 8.20. The number of benzene rings is 1. The predicted molar refractivity (Wildman–Crippen MR) is 85.0 cm³/mol. The van der Waals surface area contributed by atoms with Crippen molar-refractivity contribution in [3.63, 3.8) is 0 Å². The Balaban J connectivity index is 2.81. The quantitative estimate of drug-likeness (QED) is 0.796. The molecule has 0 saturated carbocycles. The van der Waals surface area contributed by atoms with E-state index in [4.69, 9.17) is 0 Å². The zero-order chi connectivity index (χ0) is 15.1. The van der Waals surface area contributed by atoms with E-state index >= 15 is 0 Å². The largest absolute Gasteiger partial charge is 0.326 e. The second-order valence-electron chi connectivity index (χ2n) is 5.16. The van der Waals surface area contributed by atoms with E-state index in [1.807, 2.05) is 58.0 Å². The van der Waals surface area contributed by atoms with Crippen LogP contribution in [0.5, 0.6) is 0 Å². The molecule has 0 radical (unpaired) electrons. The van der Waals surface area contributed by atoms with Crippen LogP contribution in [0.15, 0.2) is 30.3 Å². The molecule has 0 saturated heterocycles. The van der Waals surface area contributed by atoms with Crippen LogP contribution < -0.4 is 0 Å². The number of nitrogens with zero attached hydrogens (tertiary/aromatic N) is 1. The third-order valence-electron chi connectivity index (χ3n) is 3.68. The van der Waals surface area contributed by atoms with Gasteiger partial charge in [-0.2, -0.15) is 0 Å². The first-order valence-corrected chi connectivity index (χ1v) is 8.57. The SMILES string of the molecule is CCC(C)N(C(=O)S(=O)Cc1ccccc1)C(C)CC. The van der Waals surface area contributed by atoms with Crippen molar-refractivity contribution in [1.29, 1.82) is 0 Å². The van der Waals surface area contributed by atoms with Gasteiger partial charge in [-0.15, -0.1) is 0 Å². The summed E-state index contributed by atoms with van der Waals surface area (Å²) in [4.78, 5) is 14.3. The molecule has 0 bridgehead atoms. The molecule has 20 heavy (non-hydrogen) atoms. The Hall–Kier alpha value is -1.16. The molecule has 1 rings (SSSR count). The fourth-order valence-corrected chi connectivity index (χ4v) is 3.31. The molecular weight excluding hydrogens is 270 g/mol. The smallest absolute Gasteiger partial charge is 0.312 e. The van der Waals surface area contributed by atoms with Crippen LogP contribution in [0.1, 0.15) is 46.1 Å². The number of carbonyl (C=O) groups is 1. The second-order valence-corrected chi connectivity index (χ2v) is 6.49. The first kappa shape index (κ1) is 16.9. The molecule has 0 spiro atoms. The lowest BCUT2D eigenvalue weighted by Gasteiger charge is -2.33. The number of rotatable bonds is 6. The van der Waals surface area contributed by atoms with Gasteiger partial charge in [0.2, 0.25) is 0 Å². The molecule has 112 valence electrons. The van der Waals surface area contributed by atoms with Crippen molar-refractivity contribution in [3.8, 4) is 0 Å². The summed E-state index contributed by atoms with van der Waals surface area (Å²) in [6.07, 6.45) is 1.75. The lowest BCUT2D eigenvalue weighted by molar-refractivity contribution is 0.172. The van der Waals surface area contributed by atoms with Gasteiger partial charge in [-0.1, -0.05) is 44.2 Å². The summed E-state index contributed by atoms with van der Waals surface area (Å²) in [6.45, 7) is 8.13. The van der Waals surface area contributed by atoms with Crippen LogP contribution in [0.4, 0.5) is 4.79 Å². The highest BCUT2D eigenvalue weighted by molar-refractivity contribution is 7.99. The standard InChI is InChI=1S/C16H25NO2S/c1-5-13(3)17(14(4)6-2)16(18)20(19)12-15-10-8-7-9-11-15/h7-11,13-14H,5-6,12H2,1-4H3. The minimum atomic E-state index is -1.50. The highest BCUT2D eigenvalue weighted by Crippen LogP contribution is 2.16. The van der Waals surface area contributed by atoms with Crippen molar-refractivity contribution in [2.45, 2.75) is 58.4 Å². The minimum absolute atomic E-state index is 0.122. The Kier molecular flexibility index (Phi) is 6.93. The molecule has 0 aliphatic carbocycles. The molecule has 1 aromatic rings. The molecule has 1 amide bonds. The fourth-order valence-electron chi connectivity index (χ4n) is 2.09. The van der Waals surface area contributed by atoms with Crippen molar-refractivity contribution in [2.24, 2.45) is 0 Å². The summed E-state index contributed by atoms with van der Waals surface area (Å²) in [5.74, 6) is 0.295. The first-order valence-electron chi connectivity index (χ1n) is 7.25. The third-order valence-corrected chi connectivity index (χ3v) is 4.87. The van der Waals surface area contributed by atoms with Gasteiger partial charge in [0.05, 0.1) is 5.75 Å². The lowest BCUT2D eigenvalue weighted by atomic mass is 10.1. The van der Waals surface area contributed by atoms with Crippen LogP contribution in [0, 0.1) is 0 Å². The van der Waals surface area contributed by atoms with Crippen LogP contribution in [0.3, 0.4) is 0 Å². The van der Waals surface area contributed by atoms with Crippen LogP contribution in [-0.4, -0.2) is 26.4 Å². The Morgan fingerprint density at radius 3 is 2.05 bits per heavy atom. The Morgan fingerprint density at radius 1 is 1.10 bits per heavy atom. The summed E-state index contributed by atoms with van der Waals surface area (Å²) in [6, 6.07) is 9.77. The van der Waals surface area contributed by atoms with E-state index in [1.54, 1.807) is 4.90 Å². The van der Waals surface area contributed by atoms with E-state index in [0.29, 0.717) is 5.75 Å². The molecule has 0 N–H and O–H groups in total. The van der Waals surface area contributed by atoms with E-state index in [9.17, 15) is 9.00 Å². The summed E-state index contributed by atoms with van der Waals surface area (Å²) < 4.78 is 12.3. The molecule has 3 atom stereocenters. The van der Waals surface area contributed by atoms with Gasteiger partial charge in [0, 0.05) is 12.1 Å². The summed E-state index contributed by atoms with van der Waals surface area (Å²) in [5.41, 5.74) is 0.937. The molecular formula is C16H25NO2S. The van der Waals surface area contributed by atoms with Crippen molar-refractivity contribution in [2.75, 3.05) is 0 Å². The first-order chi connectivity index (χ1) is 9.51. The van der Waals surface area contributed by atoms with Gasteiger partial charge in [-0.3, -0.25) is 4.79 Å². The number of hydrogen-bond donors (Lipinski definition) is 0. The van der Waals surface area contributed by atoms with Gasteiger partial charge in [0.25, 0.3) is 0 Å². The highest BCUT2D eigenvalue weighted by Gasteiger charge is 2.27. The molecule has 3 unspecified atom stereocenters. The maximum atomic E-state index is 12.5. The van der Waals surface area contributed by atoms with Gasteiger partial charge in [-0.05, 0) is 32.3 Å². The number of hydrogen-bond acceptors (Lipinski definition) is 2. The topological polar surface area (TPSA) is 37.4 Å². The van der Waals surface area contributed by atoms with Crippen LogP contribution >= 0.6 is 0 Å². The number of amides is 1. The summed E-state index contributed by atoms with van der Waals surface area (Å²) in [5, 5.41) is -0.238. The maximum Gasteiger partial charge on any atom is 0.312 e. The average molecular weight is 295 g/mol. The summed E-state index contributed by atoms with van der Waals surface area (Å²) in [7, 11) is -1.50. The van der Waals surface area contributed by atoms with E-state index in [0.717, 1.165) is 18.4 Å². The zero-order valence-corrected chi connectivity index (χ0v) is 13.7. The highest BCUT2D eigenvalue weighted by atomic mass is 32.2. The maximum absolute atomic E-state index is 12.5. The van der Waals surface area contributed by atoms with Crippen LogP contribution in [0.25, 0.3) is 0 Å². The Morgan fingerprint density at radius 2 is 1.60 bits per heavy atom. The molecule has 0 aliphatic heterocycles. The molecule has 1 aromatic carbocycles. The van der Waals surface area contributed by atoms with Crippen LogP contribution in [0.2, 0.25) is 0 Å². The monoisotopic (exact) mass is 295 g/mol. The normalized spacial score (nSPS) is 15.4. The average Bonchev–Trinajstić information content (AvgIpc) is 2.47. The molecule has 0 aliphatic rings. The third kappa shape index (κ3) is 4.44. The van der Waals surface area contributed by atoms with Gasteiger partial charge in [-0.25, -0.2) is 4.21 Å². The van der Waals surface area contributed by atoms with Gasteiger partial charge in [0.15, 0.2) is 0 Å². The Bertz CT molecular complexity index is 437. The van der Waals surface area contributed by atoms with Gasteiger partial charge >= 0.3 is 5.24 Å². The molecule has 4 heteroatoms. The molecule has 0 heterocycles. The van der Waals surface area contributed by atoms with Crippen molar-refractivity contribution >= 4 is 16.0 Å². The van der Waals surface area contributed by atoms with E-state index in [2.05, 4.69) is 0 Å². The molecule has 3 nitrogen and oxygen atoms in total. The van der Waals surface area contributed by atoms with Crippen molar-refractivity contribution in [1.82, 2.24) is 4.90 Å². The molecule has 0 fully saturated rings. The van der Waals surface area contributed by atoms with E-state index in [-0.39, 0.29) is 17.3 Å². The van der Waals surface area contributed by atoms with Crippen molar-refractivity contribution in [3.05, 3.63) is 35.9 Å². The fraction of sp³-hybridized carbons (Fsp3) is 0.562. The van der Waals surface area contributed by atoms with Crippen molar-refractivity contribution < 1.29 is 9.00 Å². The lowest BCUT2D eigenvalue weighted by Crippen LogP contribution is -2.45. The van der Waals surface area contributed by atoms with Gasteiger partial charge < -0.3 is 4.90 Å². The minimum Gasteiger partial charge on any atom is -0.326 e. The zero-order valence-electron chi connectivity index (χ0n) is 12.8. The molecule has 0 aromatic heterocycles. The number of carbonyl (C=O) groups excluding carboxylic acids is 1. The van der Waals surface area contributed by atoms with E-state index in [1.165, 1.54) is 0 Å². The predicted octanol–water partition coefficient (Wildman–Crippen LogP) is 3.95. The van der Waals surface area contributed by atoms with Crippen LogP contribution in [-0.2, 0) is 16.6 Å².